The number of benzene rings is 1. The first-order valence-corrected chi connectivity index (χ1v) is 11.4. The predicted molar refractivity (Wildman–Crippen MR) is 136 cm³/mol. The summed E-state index contributed by atoms with van der Waals surface area (Å²) in [7, 11) is 1.86. The number of likely N-dealkylation sites (tertiary alicyclic amines) is 1. The van der Waals surface area contributed by atoms with Gasteiger partial charge < -0.3 is 15.4 Å². The Balaban J connectivity index is 0.00000320. The SMILES string of the molecule is CCC1CCCCN1CCNC(=NC)NCC(c1ccccc1)N1CCOCC1.I. The number of piperidine rings is 1. The molecule has 7 heteroatoms. The van der Waals surface area contributed by atoms with Crippen LogP contribution in [0.3, 0.4) is 0 Å². The summed E-state index contributed by atoms with van der Waals surface area (Å²) in [4.78, 5) is 9.61. The summed E-state index contributed by atoms with van der Waals surface area (Å²) in [6.07, 6.45) is 5.32. The third kappa shape index (κ3) is 7.66. The fraction of sp³-hybridized carbons (Fsp3) is 0.696. The first kappa shape index (κ1) is 25.4. The second kappa shape index (κ2) is 14.2. The van der Waals surface area contributed by atoms with Gasteiger partial charge >= 0.3 is 0 Å². The van der Waals surface area contributed by atoms with Crippen LogP contribution in [0.4, 0.5) is 0 Å². The molecule has 170 valence electrons. The highest BCUT2D eigenvalue weighted by Gasteiger charge is 2.23. The van der Waals surface area contributed by atoms with E-state index in [1.54, 1.807) is 0 Å². The van der Waals surface area contributed by atoms with Crippen LogP contribution in [-0.4, -0.2) is 81.3 Å². The zero-order chi connectivity index (χ0) is 20.3. The van der Waals surface area contributed by atoms with E-state index in [2.05, 4.69) is 62.7 Å². The number of aliphatic imine (C=N–C) groups is 1. The molecule has 1 aromatic rings. The van der Waals surface area contributed by atoms with Crippen molar-refractivity contribution in [3.63, 3.8) is 0 Å². The number of nitrogens with one attached hydrogen (secondary N) is 2. The summed E-state index contributed by atoms with van der Waals surface area (Å²) < 4.78 is 5.56. The molecule has 0 saturated carbocycles. The predicted octanol–water partition coefficient (Wildman–Crippen LogP) is 3.11. The third-order valence-electron chi connectivity index (χ3n) is 6.27. The maximum Gasteiger partial charge on any atom is 0.191 e. The highest BCUT2D eigenvalue weighted by Crippen LogP contribution is 2.21. The van der Waals surface area contributed by atoms with Crippen LogP contribution in [-0.2, 0) is 4.74 Å². The van der Waals surface area contributed by atoms with Gasteiger partial charge in [0, 0.05) is 45.8 Å². The van der Waals surface area contributed by atoms with Crippen LogP contribution in [0.1, 0.15) is 44.2 Å². The molecule has 2 atom stereocenters. The molecule has 2 saturated heterocycles. The van der Waals surface area contributed by atoms with Crippen LogP contribution in [0, 0.1) is 0 Å². The van der Waals surface area contributed by atoms with Gasteiger partial charge in [-0.3, -0.25) is 14.8 Å². The average Bonchev–Trinajstić information content (AvgIpc) is 2.79. The van der Waals surface area contributed by atoms with E-state index >= 15 is 0 Å². The van der Waals surface area contributed by atoms with Gasteiger partial charge in [-0.15, -0.1) is 24.0 Å². The molecule has 6 nitrogen and oxygen atoms in total. The van der Waals surface area contributed by atoms with Gasteiger partial charge in [-0.05, 0) is 31.4 Å². The van der Waals surface area contributed by atoms with Crippen LogP contribution in [0.15, 0.2) is 35.3 Å². The fourth-order valence-electron chi connectivity index (χ4n) is 4.57. The van der Waals surface area contributed by atoms with Crippen LogP contribution < -0.4 is 10.6 Å². The molecule has 0 aromatic heterocycles. The second-order valence-corrected chi connectivity index (χ2v) is 8.05. The number of morpholine rings is 1. The van der Waals surface area contributed by atoms with Crippen LogP contribution in [0.2, 0.25) is 0 Å². The Morgan fingerprint density at radius 1 is 1.13 bits per heavy atom. The summed E-state index contributed by atoms with van der Waals surface area (Å²) in [5, 5.41) is 7.09. The molecule has 0 radical (unpaired) electrons. The maximum atomic E-state index is 5.56. The van der Waals surface area contributed by atoms with Crippen LogP contribution in [0.25, 0.3) is 0 Å². The van der Waals surface area contributed by atoms with Gasteiger partial charge in [0.2, 0.25) is 0 Å². The first-order chi connectivity index (χ1) is 14.3. The fourth-order valence-corrected chi connectivity index (χ4v) is 4.57. The molecule has 30 heavy (non-hydrogen) atoms. The van der Waals surface area contributed by atoms with Crippen molar-refractivity contribution in [1.82, 2.24) is 20.4 Å². The van der Waals surface area contributed by atoms with Crippen molar-refractivity contribution >= 4 is 29.9 Å². The Morgan fingerprint density at radius 3 is 2.60 bits per heavy atom. The summed E-state index contributed by atoms with van der Waals surface area (Å²) in [6, 6.07) is 11.8. The number of hydrogen-bond acceptors (Lipinski definition) is 4. The van der Waals surface area contributed by atoms with E-state index in [1.165, 1.54) is 37.8 Å². The standard InChI is InChI=1S/C23H39N5O.HI/c1-3-21-11-7-8-13-27(21)14-12-25-23(24-2)26-19-22(20-9-5-4-6-10-20)28-15-17-29-18-16-28;/h4-6,9-10,21-22H,3,7-8,11-19H2,1-2H3,(H2,24,25,26);1H. The van der Waals surface area contributed by atoms with Gasteiger partial charge in [-0.1, -0.05) is 43.7 Å². The monoisotopic (exact) mass is 529 g/mol. The Hall–Kier alpha value is -0.900. The molecule has 2 aliphatic rings. The molecule has 2 unspecified atom stereocenters. The molecule has 0 bridgehead atoms. The highest BCUT2D eigenvalue weighted by molar-refractivity contribution is 14.0. The van der Waals surface area contributed by atoms with E-state index < -0.39 is 0 Å². The van der Waals surface area contributed by atoms with E-state index in [9.17, 15) is 0 Å². The number of nitrogens with zero attached hydrogens (tertiary/aromatic N) is 3. The Morgan fingerprint density at radius 2 is 1.90 bits per heavy atom. The Bertz CT molecular complexity index is 609. The number of hydrogen-bond donors (Lipinski definition) is 2. The molecule has 2 fully saturated rings. The maximum absolute atomic E-state index is 5.56. The van der Waals surface area contributed by atoms with E-state index in [4.69, 9.17) is 4.74 Å². The lowest BCUT2D eigenvalue weighted by molar-refractivity contribution is 0.0170. The van der Waals surface area contributed by atoms with E-state index in [0.29, 0.717) is 6.04 Å². The Kier molecular flexibility index (Phi) is 12.0. The van der Waals surface area contributed by atoms with Crippen LogP contribution in [0.5, 0.6) is 0 Å². The minimum absolute atomic E-state index is 0. The molecule has 2 N–H and O–H groups in total. The normalized spacial score (nSPS) is 22.2. The molecule has 2 heterocycles. The number of halogens is 1. The number of rotatable bonds is 8. The van der Waals surface area contributed by atoms with Gasteiger partial charge in [0.25, 0.3) is 0 Å². The highest BCUT2D eigenvalue weighted by atomic mass is 127. The molecule has 0 aliphatic carbocycles. The summed E-state index contributed by atoms with van der Waals surface area (Å²) in [5.74, 6) is 0.893. The van der Waals surface area contributed by atoms with Crippen molar-refractivity contribution in [2.45, 2.75) is 44.7 Å². The molecule has 0 amide bonds. The smallest absolute Gasteiger partial charge is 0.191 e. The number of ether oxygens (including phenoxy) is 1. The summed E-state index contributed by atoms with van der Waals surface area (Å²) >= 11 is 0. The van der Waals surface area contributed by atoms with Gasteiger partial charge in [0.15, 0.2) is 5.96 Å². The van der Waals surface area contributed by atoms with Crippen molar-refractivity contribution in [3.05, 3.63) is 35.9 Å². The lowest BCUT2D eigenvalue weighted by Gasteiger charge is -2.36. The van der Waals surface area contributed by atoms with Crippen molar-refractivity contribution in [3.8, 4) is 0 Å². The molecule has 0 spiro atoms. The van der Waals surface area contributed by atoms with Crippen molar-refractivity contribution in [2.75, 3.05) is 59.5 Å². The van der Waals surface area contributed by atoms with E-state index in [-0.39, 0.29) is 24.0 Å². The third-order valence-corrected chi connectivity index (χ3v) is 6.27. The topological polar surface area (TPSA) is 52.1 Å². The molecular weight excluding hydrogens is 489 g/mol. The first-order valence-electron chi connectivity index (χ1n) is 11.4. The van der Waals surface area contributed by atoms with Crippen molar-refractivity contribution in [1.29, 1.82) is 0 Å². The molecular formula is C23H40IN5O. The summed E-state index contributed by atoms with van der Waals surface area (Å²) in [6.45, 7) is 9.97. The largest absolute Gasteiger partial charge is 0.379 e. The molecule has 3 rings (SSSR count). The van der Waals surface area contributed by atoms with Crippen LogP contribution >= 0.6 is 24.0 Å². The van der Waals surface area contributed by atoms with E-state index in [1.807, 2.05) is 7.05 Å². The minimum Gasteiger partial charge on any atom is -0.379 e. The zero-order valence-electron chi connectivity index (χ0n) is 18.7. The van der Waals surface area contributed by atoms with Gasteiger partial charge in [0.05, 0.1) is 19.3 Å². The minimum atomic E-state index is 0. The summed E-state index contributed by atoms with van der Waals surface area (Å²) in [5.41, 5.74) is 1.34. The van der Waals surface area contributed by atoms with Crippen molar-refractivity contribution in [2.24, 2.45) is 4.99 Å². The van der Waals surface area contributed by atoms with Gasteiger partial charge in [0.1, 0.15) is 0 Å². The van der Waals surface area contributed by atoms with Gasteiger partial charge in [-0.2, -0.15) is 0 Å². The average molecular weight is 530 g/mol. The van der Waals surface area contributed by atoms with E-state index in [0.717, 1.165) is 57.9 Å². The molecule has 1 aromatic carbocycles. The number of guanidine groups is 1. The quantitative estimate of drug-likeness (QED) is 0.308. The van der Waals surface area contributed by atoms with Crippen molar-refractivity contribution < 1.29 is 4.74 Å². The second-order valence-electron chi connectivity index (χ2n) is 8.05. The molecule has 2 aliphatic heterocycles. The lowest BCUT2D eigenvalue weighted by Crippen LogP contribution is -2.48. The lowest BCUT2D eigenvalue weighted by atomic mass is 10.0. The van der Waals surface area contributed by atoms with Gasteiger partial charge in [-0.25, -0.2) is 0 Å². The zero-order valence-corrected chi connectivity index (χ0v) is 21.0. The Labute approximate surface area is 199 Å².